The van der Waals surface area contributed by atoms with Gasteiger partial charge in [0.05, 0.1) is 0 Å². The SMILES string of the molecule is O.O.c1ccc2c(NC3CCCCC3)nccc2c1. The Morgan fingerprint density at radius 1 is 0.947 bits per heavy atom. The van der Waals surface area contributed by atoms with Gasteiger partial charge in [-0.15, -0.1) is 0 Å². The van der Waals surface area contributed by atoms with Crippen LogP contribution in [0, 0.1) is 0 Å². The molecule has 3 rings (SSSR count). The summed E-state index contributed by atoms with van der Waals surface area (Å²) >= 11 is 0. The average molecular weight is 262 g/mol. The fraction of sp³-hybridized carbons (Fsp3) is 0.400. The third-order valence-corrected chi connectivity index (χ3v) is 3.62. The van der Waals surface area contributed by atoms with Gasteiger partial charge in [0.1, 0.15) is 5.82 Å². The van der Waals surface area contributed by atoms with E-state index in [-0.39, 0.29) is 11.0 Å². The van der Waals surface area contributed by atoms with Gasteiger partial charge < -0.3 is 16.3 Å². The van der Waals surface area contributed by atoms with E-state index in [1.807, 2.05) is 6.20 Å². The van der Waals surface area contributed by atoms with E-state index in [9.17, 15) is 0 Å². The topological polar surface area (TPSA) is 87.9 Å². The van der Waals surface area contributed by atoms with Gasteiger partial charge in [-0.25, -0.2) is 4.98 Å². The molecule has 0 spiro atoms. The molecule has 0 saturated heterocycles. The second-order valence-electron chi connectivity index (χ2n) is 4.86. The van der Waals surface area contributed by atoms with Crippen molar-refractivity contribution >= 4 is 16.6 Å². The summed E-state index contributed by atoms with van der Waals surface area (Å²) in [5.41, 5.74) is 0. The van der Waals surface area contributed by atoms with Gasteiger partial charge in [-0.3, -0.25) is 0 Å². The monoisotopic (exact) mass is 262 g/mol. The lowest BCUT2D eigenvalue weighted by atomic mass is 9.95. The molecule has 4 nitrogen and oxygen atoms in total. The summed E-state index contributed by atoms with van der Waals surface area (Å²) < 4.78 is 0. The van der Waals surface area contributed by atoms with Gasteiger partial charge in [-0.05, 0) is 24.3 Å². The van der Waals surface area contributed by atoms with E-state index in [1.165, 1.54) is 42.9 Å². The van der Waals surface area contributed by atoms with Gasteiger partial charge in [-0.2, -0.15) is 0 Å². The molecule has 1 aliphatic rings. The highest BCUT2D eigenvalue weighted by atomic mass is 16.0. The number of anilines is 1. The van der Waals surface area contributed by atoms with Crippen LogP contribution in [-0.2, 0) is 0 Å². The molecule has 1 fully saturated rings. The van der Waals surface area contributed by atoms with Crippen molar-refractivity contribution in [3.63, 3.8) is 0 Å². The van der Waals surface area contributed by atoms with Crippen LogP contribution in [0.1, 0.15) is 32.1 Å². The minimum absolute atomic E-state index is 0. The van der Waals surface area contributed by atoms with Gasteiger partial charge in [0.25, 0.3) is 0 Å². The first-order valence-electron chi connectivity index (χ1n) is 6.54. The first-order chi connectivity index (χ1) is 8.43. The summed E-state index contributed by atoms with van der Waals surface area (Å²) in [5.74, 6) is 1.05. The van der Waals surface area contributed by atoms with Gasteiger partial charge >= 0.3 is 0 Å². The highest BCUT2D eigenvalue weighted by Gasteiger charge is 2.14. The highest BCUT2D eigenvalue weighted by Crippen LogP contribution is 2.25. The molecule has 1 saturated carbocycles. The molecular formula is C15H22N2O2. The molecule has 104 valence electrons. The van der Waals surface area contributed by atoms with E-state index in [0.29, 0.717) is 6.04 Å². The molecule has 1 aromatic carbocycles. The number of nitrogens with zero attached hydrogens (tertiary/aromatic N) is 1. The molecule has 0 unspecified atom stereocenters. The van der Waals surface area contributed by atoms with E-state index in [4.69, 9.17) is 0 Å². The molecule has 1 aromatic heterocycles. The van der Waals surface area contributed by atoms with Crippen molar-refractivity contribution in [3.8, 4) is 0 Å². The third kappa shape index (κ3) is 3.43. The van der Waals surface area contributed by atoms with Crippen LogP contribution >= 0.6 is 0 Å². The van der Waals surface area contributed by atoms with Crippen LogP contribution in [0.2, 0.25) is 0 Å². The largest absolute Gasteiger partial charge is 0.412 e. The Bertz CT molecular complexity index is 505. The van der Waals surface area contributed by atoms with Crippen molar-refractivity contribution < 1.29 is 11.0 Å². The van der Waals surface area contributed by atoms with Crippen LogP contribution in [-0.4, -0.2) is 22.0 Å². The maximum atomic E-state index is 4.49. The van der Waals surface area contributed by atoms with Crippen molar-refractivity contribution in [1.29, 1.82) is 0 Å². The van der Waals surface area contributed by atoms with Crippen LogP contribution in [0.15, 0.2) is 36.5 Å². The average Bonchev–Trinajstić information content (AvgIpc) is 2.40. The van der Waals surface area contributed by atoms with Gasteiger partial charge in [0, 0.05) is 17.6 Å². The van der Waals surface area contributed by atoms with Crippen LogP contribution in [0.4, 0.5) is 5.82 Å². The van der Waals surface area contributed by atoms with Crippen molar-refractivity contribution in [2.45, 2.75) is 38.1 Å². The summed E-state index contributed by atoms with van der Waals surface area (Å²) in [6.07, 6.45) is 8.55. The van der Waals surface area contributed by atoms with Gasteiger partial charge in [-0.1, -0.05) is 43.5 Å². The Morgan fingerprint density at radius 3 is 2.47 bits per heavy atom. The maximum absolute atomic E-state index is 4.49. The summed E-state index contributed by atoms with van der Waals surface area (Å²) in [4.78, 5) is 4.49. The smallest absolute Gasteiger partial charge is 0.134 e. The van der Waals surface area contributed by atoms with E-state index in [0.717, 1.165) is 5.82 Å². The number of pyridine rings is 1. The molecule has 0 radical (unpaired) electrons. The van der Waals surface area contributed by atoms with Crippen molar-refractivity contribution in [1.82, 2.24) is 4.98 Å². The lowest BCUT2D eigenvalue weighted by Crippen LogP contribution is -2.22. The maximum Gasteiger partial charge on any atom is 0.134 e. The second kappa shape index (κ2) is 7.07. The molecule has 0 atom stereocenters. The first-order valence-corrected chi connectivity index (χ1v) is 6.54. The number of fused-ring (bicyclic) bond motifs is 1. The number of hydrogen-bond acceptors (Lipinski definition) is 2. The van der Waals surface area contributed by atoms with E-state index in [1.54, 1.807) is 0 Å². The first kappa shape index (κ1) is 15.4. The van der Waals surface area contributed by atoms with Crippen LogP contribution in [0.5, 0.6) is 0 Å². The Morgan fingerprint density at radius 2 is 1.68 bits per heavy atom. The number of aromatic nitrogens is 1. The quantitative estimate of drug-likeness (QED) is 0.900. The summed E-state index contributed by atoms with van der Waals surface area (Å²) in [6, 6.07) is 11.1. The van der Waals surface area contributed by atoms with Gasteiger partial charge in [0.15, 0.2) is 0 Å². The number of hydrogen-bond donors (Lipinski definition) is 1. The predicted octanol–water partition coefficient (Wildman–Crippen LogP) is 2.33. The zero-order valence-corrected chi connectivity index (χ0v) is 11.0. The van der Waals surface area contributed by atoms with Crippen molar-refractivity contribution in [2.75, 3.05) is 5.32 Å². The van der Waals surface area contributed by atoms with Crippen molar-refractivity contribution in [3.05, 3.63) is 36.5 Å². The number of rotatable bonds is 2. The summed E-state index contributed by atoms with van der Waals surface area (Å²) in [7, 11) is 0. The molecule has 19 heavy (non-hydrogen) atoms. The molecule has 5 N–H and O–H groups in total. The molecule has 0 aliphatic heterocycles. The fourth-order valence-electron chi connectivity index (χ4n) is 2.67. The zero-order valence-electron chi connectivity index (χ0n) is 11.0. The molecule has 0 amide bonds. The standard InChI is InChI=1S/C15H18N2.2H2O/c1-2-7-13(8-3-1)17-15-14-9-5-4-6-12(14)10-11-16-15;;/h4-6,9-11,13H,1-3,7-8H2,(H,16,17);2*1H2. The molecule has 1 aliphatic carbocycles. The van der Waals surface area contributed by atoms with Crippen LogP contribution < -0.4 is 5.32 Å². The zero-order chi connectivity index (χ0) is 11.5. The minimum Gasteiger partial charge on any atom is -0.412 e. The summed E-state index contributed by atoms with van der Waals surface area (Å²) in [5, 5.41) is 6.11. The molecular weight excluding hydrogens is 240 g/mol. The minimum atomic E-state index is 0. The molecule has 4 heteroatoms. The number of benzene rings is 1. The highest BCUT2D eigenvalue weighted by molar-refractivity contribution is 5.91. The van der Waals surface area contributed by atoms with E-state index >= 15 is 0 Å². The summed E-state index contributed by atoms with van der Waals surface area (Å²) in [6.45, 7) is 0. The van der Waals surface area contributed by atoms with Crippen LogP contribution in [0.25, 0.3) is 10.8 Å². The lowest BCUT2D eigenvalue weighted by Gasteiger charge is -2.23. The Hall–Kier alpha value is -1.65. The Kier molecular flexibility index (Phi) is 5.73. The Balaban J connectivity index is 0.000000902. The molecule has 1 heterocycles. The Labute approximate surface area is 113 Å². The number of nitrogens with one attached hydrogen (secondary N) is 1. The van der Waals surface area contributed by atoms with Gasteiger partial charge in [0.2, 0.25) is 0 Å². The normalized spacial score (nSPS) is 15.4. The molecule has 0 bridgehead atoms. The van der Waals surface area contributed by atoms with E-state index < -0.39 is 0 Å². The second-order valence-corrected chi connectivity index (χ2v) is 4.86. The van der Waals surface area contributed by atoms with E-state index in [2.05, 4.69) is 40.6 Å². The molecule has 2 aromatic rings. The fourth-order valence-corrected chi connectivity index (χ4v) is 2.67. The predicted molar refractivity (Wildman–Crippen MR) is 79.5 cm³/mol. The van der Waals surface area contributed by atoms with Crippen molar-refractivity contribution in [2.24, 2.45) is 0 Å². The lowest BCUT2D eigenvalue weighted by molar-refractivity contribution is 0.462. The third-order valence-electron chi connectivity index (χ3n) is 3.62. The van der Waals surface area contributed by atoms with Crippen LogP contribution in [0.3, 0.4) is 0 Å².